The zero-order valence-corrected chi connectivity index (χ0v) is 10.5. The van der Waals surface area contributed by atoms with E-state index in [9.17, 15) is 0 Å². The summed E-state index contributed by atoms with van der Waals surface area (Å²) in [5.41, 5.74) is 2.91. The van der Waals surface area contributed by atoms with E-state index in [1.54, 1.807) is 0 Å². The third-order valence-corrected chi connectivity index (χ3v) is 2.88. The summed E-state index contributed by atoms with van der Waals surface area (Å²) >= 11 is 0. The van der Waals surface area contributed by atoms with Gasteiger partial charge in [-0.15, -0.1) is 0 Å². The van der Waals surface area contributed by atoms with Gasteiger partial charge in [-0.25, -0.2) is 0 Å². The minimum atomic E-state index is 0.535. The summed E-state index contributed by atoms with van der Waals surface area (Å²) in [7, 11) is 1.89. The van der Waals surface area contributed by atoms with Crippen molar-refractivity contribution in [2.75, 3.05) is 12.4 Å². The summed E-state index contributed by atoms with van der Waals surface area (Å²) in [4.78, 5) is 4.41. The van der Waals surface area contributed by atoms with Crippen LogP contribution in [0.15, 0.2) is 59.1 Å². The summed E-state index contributed by atoms with van der Waals surface area (Å²) in [6.07, 6.45) is 0. The number of rotatable bonds is 3. The van der Waals surface area contributed by atoms with Gasteiger partial charge in [-0.1, -0.05) is 23.4 Å². The summed E-state index contributed by atoms with van der Waals surface area (Å²) in [5, 5.41) is 7.08. The van der Waals surface area contributed by atoms with Crippen LogP contribution in [0.4, 0.5) is 5.69 Å². The van der Waals surface area contributed by atoms with Crippen molar-refractivity contribution in [2.24, 2.45) is 0 Å². The van der Waals surface area contributed by atoms with Crippen LogP contribution in [0.25, 0.3) is 22.8 Å². The van der Waals surface area contributed by atoms with Crippen molar-refractivity contribution in [3.63, 3.8) is 0 Å². The lowest BCUT2D eigenvalue weighted by atomic mass is 10.2. The van der Waals surface area contributed by atoms with E-state index in [0.29, 0.717) is 11.7 Å². The molecule has 0 unspecified atom stereocenters. The van der Waals surface area contributed by atoms with E-state index in [2.05, 4.69) is 15.5 Å². The molecule has 2 aromatic carbocycles. The molecule has 3 rings (SSSR count). The molecule has 0 atom stereocenters. The zero-order valence-electron chi connectivity index (χ0n) is 10.5. The smallest absolute Gasteiger partial charge is 0.258 e. The van der Waals surface area contributed by atoms with Gasteiger partial charge in [-0.05, 0) is 36.4 Å². The fourth-order valence-corrected chi connectivity index (χ4v) is 1.82. The van der Waals surface area contributed by atoms with Gasteiger partial charge in [0, 0.05) is 23.9 Å². The van der Waals surface area contributed by atoms with Crippen LogP contribution < -0.4 is 5.32 Å². The molecule has 3 aromatic rings. The minimum absolute atomic E-state index is 0.535. The minimum Gasteiger partial charge on any atom is -0.388 e. The van der Waals surface area contributed by atoms with E-state index in [1.807, 2.05) is 61.6 Å². The molecule has 94 valence electrons. The number of anilines is 1. The molecule has 1 N–H and O–H groups in total. The quantitative estimate of drug-likeness (QED) is 0.774. The molecule has 0 saturated heterocycles. The molecule has 1 aromatic heterocycles. The van der Waals surface area contributed by atoms with Crippen LogP contribution in [-0.2, 0) is 0 Å². The predicted octanol–water partition coefficient (Wildman–Crippen LogP) is 3.45. The number of nitrogens with one attached hydrogen (secondary N) is 1. The molecule has 19 heavy (non-hydrogen) atoms. The molecule has 0 aliphatic heterocycles. The summed E-state index contributed by atoms with van der Waals surface area (Å²) < 4.78 is 5.28. The molecule has 0 amide bonds. The van der Waals surface area contributed by atoms with Crippen molar-refractivity contribution in [2.45, 2.75) is 0 Å². The first-order valence-electron chi connectivity index (χ1n) is 6.04. The highest BCUT2D eigenvalue weighted by Gasteiger charge is 2.09. The third kappa shape index (κ3) is 2.33. The van der Waals surface area contributed by atoms with E-state index >= 15 is 0 Å². The number of benzene rings is 2. The fraction of sp³-hybridized carbons (Fsp3) is 0.0667. The molecule has 0 saturated carbocycles. The van der Waals surface area contributed by atoms with E-state index in [-0.39, 0.29) is 0 Å². The van der Waals surface area contributed by atoms with Crippen molar-refractivity contribution in [3.8, 4) is 22.8 Å². The van der Waals surface area contributed by atoms with Gasteiger partial charge < -0.3 is 9.84 Å². The third-order valence-electron chi connectivity index (χ3n) is 2.88. The number of hydrogen-bond acceptors (Lipinski definition) is 4. The second-order valence-corrected chi connectivity index (χ2v) is 4.12. The predicted molar refractivity (Wildman–Crippen MR) is 74.7 cm³/mol. The maximum Gasteiger partial charge on any atom is 0.258 e. The maximum absolute atomic E-state index is 5.28. The molecular weight excluding hydrogens is 238 g/mol. The highest BCUT2D eigenvalue weighted by Crippen LogP contribution is 2.22. The van der Waals surface area contributed by atoms with Crippen LogP contribution in [0.2, 0.25) is 0 Å². The lowest BCUT2D eigenvalue weighted by molar-refractivity contribution is 0.432. The average molecular weight is 251 g/mol. The number of hydrogen-bond donors (Lipinski definition) is 1. The lowest BCUT2D eigenvalue weighted by Crippen LogP contribution is -1.87. The van der Waals surface area contributed by atoms with Crippen molar-refractivity contribution in [3.05, 3.63) is 54.6 Å². The Morgan fingerprint density at radius 2 is 1.63 bits per heavy atom. The molecule has 1 heterocycles. The van der Waals surface area contributed by atoms with Crippen molar-refractivity contribution in [1.29, 1.82) is 0 Å². The first-order chi connectivity index (χ1) is 9.36. The normalized spacial score (nSPS) is 10.4. The number of nitrogens with zero attached hydrogens (tertiary/aromatic N) is 2. The van der Waals surface area contributed by atoms with Gasteiger partial charge in [0.15, 0.2) is 0 Å². The summed E-state index contributed by atoms with van der Waals surface area (Å²) in [6, 6.07) is 17.6. The molecule has 0 bridgehead atoms. The molecule has 0 spiro atoms. The van der Waals surface area contributed by atoms with Gasteiger partial charge in [-0.3, -0.25) is 0 Å². The fourth-order valence-electron chi connectivity index (χ4n) is 1.82. The molecule has 0 radical (unpaired) electrons. The Balaban J connectivity index is 1.92. The SMILES string of the molecule is CNc1ccc(-c2noc(-c3ccccc3)n2)cc1. The maximum atomic E-state index is 5.28. The summed E-state index contributed by atoms with van der Waals surface area (Å²) in [6.45, 7) is 0. The highest BCUT2D eigenvalue weighted by atomic mass is 16.5. The topological polar surface area (TPSA) is 51.0 Å². The zero-order chi connectivity index (χ0) is 13.1. The second kappa shape index (κ2) is 4.94. The van der Waals surface area contributed by atoms with E-state index < -0.39 is 0 Å². The van der Waals surface area contributed by atoms with Crippen LogP contribution in [0.1, 0.15) is 0 Å². The molecule has 0 aliphatic rings. The Morgan fingerprint density at radius 1 is 0.895 bits per heavy atom. The van der Waals surface area contributed by atoms with Crippen molar-refractivity contribution in [1.82, 2.24) is 10.1 Å². The van der Waals surface area contributed by atoms with E-state index in [1.165, 1.54) is 0 Å². The van der Waals surface area contributed by atoms with Gasteiger partial charge >= 0.3 is 0 Å². The van der Waals surface area contributed by atoms with Crippen molar-refractivity contribution >= 4 is 5.69 Å². The van der Waals surface area contributed by atoms with Crippen LogP contribution in [0.5, 0.6) is 0 Å². The largest absolute Gasteiger partial charge is 0.388 e. The van der Waals surface area contributed by atoms with Crippen molar-refractivity contribution < 1.29 is 4.52 Å². The standard InChI is InChI=1S/C15H13N3O/c1-16-13-9-7-11(8-10-13)14-17-15(19-18-14)12-5-3-2-4-6-12/h2-10,16H,1H3. The number of aromatic nitrogens is 2. The van der Waals surface area contributed by atoms with Crippen LogP contribution >= 0.6 is 0 Å². The van der Waals surface area contributed by atoms with Gasteiger partial charge in [0.2, 0.25) is 5.82 Å². The first kappa shape index (κ1) is 11.5. The Kier molecular flexibility index (Phi) is 2.98. The second-order valence-electron chi connectivity index (χ2n) is 4.12. The van der Waals surface area contributed by atoms with Gasteiger partial charge in [0.05, 0.1) is 0 Å². The Labute approximate surface area is 111 Å². The molecule has 4 heteroatoms. The first-order valence-corrected chi connectivity index (χ1v) is 6.04. The molecule has 0 aliphatic carbocycles. The summed E-state index contributed by atoms with van der Waals surface area (Å²) in [5.74, 6) is 1.13. The Hall–Kier alpha value is -2.62. The van der Waals surface area contributed by atoms with Crippen LogP contribution in [-0.4, -0.2) is 17.2 Å². The monoisotopic (exact) mass is 251 g/mol. The molecule has 4 nitrogen and oxygen atoms in total. The van der Waals surface area contributed by atoms with Crippen LogP contribution in [0, 0.1) is 0 Å². The van der Waals surface area contributed by atoms with E-state index in [0.717, 1.165) is 16.8 Å². The van der Waals surface area contributed by atoms with Gasteiger partial charge in [0.25, 0.3) is 5.89 Å². The van der Waals surface area contributed by atoms with Crippen LogP contribution in [0.3, 0.4) is 0 Å². The Morgan fingerprint density at radius 3 is 2.32 bits per heavy atom. The van der Waals surface area contributed by atoms with Gasteiger partial charge in [-0.2, -0.15) is 4.98 Å². The lowest BCUT2D eigenvalue weighted by Gasteiger charge is -1.99. The average Bonchev–Trinajstić information content (AvgIpc) is 2.98. The highest BCUT2D eigenvalue weighted by molar-refractivity contribution is 5.62. The molecule has 0 fully saturated rings. The molecular formula is C15H13N3O. The Bertz CT molecular complexity index is 659. The van der Waals surface area contributed by atoms with Gasteiger partial charge in [0.1, 0.15) is 0 Å². The van der Waals surface area contributed by atoms with E-state index in [4.69, 9.17) is 4.52 Å².